The Morgan fingerprint density at radius 3 is 2.65 bits per heavy atom. The molecule has 3 aliphatic rings. The van der Waals surface area contributed by atoms with Crippen molar-refractivity contribution in [2.24, 2.45) is 23.7 Å². The molecule has 0 amide bonds. The zero-order chi connectivity index (χ0) is 11.7. The molecule has 0 aliphatic heterocycles. The molecule has 0 radical (unpaired) electrons. The quantitative estimate of drug-likeness (QED) is 0.777. The monoisotopic (exact) mass is 235 g/mol. The van der Waals surface area contributed by atoms with Gasteiger partial charge in [-0.05, 0) is 62.3 Å². The summed E-state index contributed by atoms with van der Waals surface area (Å²) in [5.41, 5.74) is 0. The molecule has 1 nitrogen and oxygen atoms in total. The highest BCUT2D eigenvalue weighted by Crippen LogP contribution is 2.44. The zero-order valence-corrected chi connectivity index (χ0v) is 11.5. The van der Waals surface area contributed by atoms with Gasteiger partial charge in [-0.1, -0.05) is 32.6 Å². The van der Waals surface area contributed by atoms with Crippen LogP contribution in [0, 0.1) is 23.7 Å². The molecule has 5 atom stereocenters. The van der Waals surface area contributed by atoms with E-state index in [2.05, 4.69) is 12.2 Å². The van der Waals surface area contributed by atoms with Gasteiger partial charge in [0.05, 0.1) is 0 Å². The number of hydrogen-bond acceptors (Lipinski definition) is 1. The summed E-state index contributed by atoms with van der Waals surface area (Å²) in [6, 6.07) is 0.898. The zero-order valence-electron chi connectivity index (χ0n) is 11.5. The molecule has 0 aromatic heterocycles. The average molecular weight is 235 g/mol. The number of hydrogen-bond donors (Lipinski definition) is 1. The third kappa shape index (κ3) is 2.86. The lowest BCUT2D eigenvalue weighted by Crippen LogP contribution is -2.35. The van der Waals surface area contributed by atoms with Crippen LogP contribution >= 0.6 is 0 Å². The Labute approximate surface area is 107 Å². The lowest BCUT2D eigenvalue weighted by atomic mass is 9.81. The minimum Gasteiger partial charge on any atom is -0.314 e. The lowest BCUT2D eigenvalue weighted by Gasteiger charge is -2.28. The molecule has 0 aromatic carbocycles. The van der Waals surface area contributed by atoms with Crippen LogP contribution < -0.4 is 5.32 Å². The summed E-state index contributed by atoms with van der Waals surface area (Å²) in [6.45, 7) is 3.74. The van der Waals surface area contributed by atoms with Gasteiger partial charge < -0.3 is 5.32 Å². The summed E-state index contributed by atoms with van der Waals surface area (Å²) >= 11 is 0. The molecule has 0 aromatic rings. The summed E-state index contributed by atoms with van der Waals surface area (Å²) in [5, 5.41) is 3.88. The van der Waals surface area contributed by atoms with E-state index in [0.717, 1.165) is 29.7 Å². The summed E-state index contributed by atoms with van der Waals surface area (Å²) < 4.78 is 0. The number of nitrogens with one attached hydrogen (secondary N) is 1. The van der Waals surface area contributed by atoms with Crippen LogP contribution in [0.25, 0.3) is 0 Å². The summed E-state index contributed by atoms with van der Waals surface area (Å²) in [7, 11) is 0. The van der Waals surface area contributed by atoms with Crippen LogP contribution in [-0.2, 0) is 0 Å². The van der Waals surface area contributed by atoms with Crippen molar-refractivity contribution in [3.63, 3.8) is 0 Å². The molecule has 3 saturated carbocycles. The Balaban J connectivity index is 1.35. The minimum absolute atomic E-state index is 0.898. The van der Waals surface area contributed by atoms with Crippen molar-refractivity contribution in [3.8, 4) is 0 Å². The molecule has 3 fully saturated rings. The highest BCUT2D eigenvalue weighted by atomic mass is 14.9. The van der Waals surface area contributed by atoms with Gasteiger partial charge >= 0.3 is 0 Å². The van der Waals surface area contributed by atoms with Gasteiger partial charge in [-0.25, -0.2) is 0 Å². The van der Waals surface area contributed by atoms with Crippen molar-refractivity contribution in [1.82, 2.24) is 5.32 Å². The van der Waals surface area contributed by atoms with E-state index < -0.39 is 0 Å². The molecule has 98 valence electrons. The minimum atomic E-state index is 0.898. The first-order valence-electron chi connectivity index (χ1n) is 8.04. The standard InChI is InChI=1S/C16H29N/c1-12-3-2-4-13(9-12)7-8-17-16-11-14-5-6-15(16)10-14/h12-17H,2-11H2,1H3. The second kappa shape index (κ2) is 5.30. The fraction of sp³-hybridized carbons (Fsp3) is 1.00. The fourth-order valence-corrected chi connectivity index (χ4v) is 4.79. The predicted octanol–water partition coefficient (Wildman–Crippen LogP) is 3.98. The van der Waals surface area contributed by atoms with Gasteiger partial charge in [0.25, 0.3) is 0 Å². The van der Waals surface area contributed by atoms with E-state index >= 15 is 0 Å². The third-order valence-corrected chi connectivity index (χ3v) is 5.74. The molecule has 1 N–H and O–H groups in total. The summed E-state index contributed by atoms with van der Waals surface area (Å²) in [4.78, 5) is 0. The smallest absolute Gasteiger partial charge is 0.00980 e. The molecule has 0 heterocycles. The lowest BCUT2D eigenvalue weighted by molar-refractivity contribution is 0.258. The van der Waals surface area contributed by atoms with Crippen LogP contribution in [0.5, 0.6) is 0 Å². The largest absolute Gasteiger partial charge is 0.314 e. The Kier molecular flexibility index (Phi) is 3.75. The first kappa shape index (κ1) is 12.0. The normalized spacial score (nSPS) is 45.4. The number of rotatable bonds is 4. The molecule has 2 bridgehead atoms. The van der Waals surface area contributed by atoms with Gasteiger partial charge in [0.1, 0.15) is 0 Å². The molecule has 0 saturated heterocycles. The molecule has 17 heavy (non-hydrogen) atoms. The van der Waals surface area contributed by atoms with Gasteiger partial charge in [-0.15, -0.1) is 0 Å². The maximum atomic E-state index is 3.88. The average Bonchev–Trinajstić information content (AvgIpc) is 2.91. The Morgan fingerprint density at radius 1 is 1.00 bits per heavy atom. The van der Waals surface area contributed by atoms with E-state index in [1.165, 1.54) is 64.3 Å². The van der Waals surface area contributed by atoms with Crippen molar-refractivity contribution in [2.45, 2.75) is 70.8 Å². The summed E-state index contributed by atoms with van der Waals surface area (Å²) in [5.74, 6) is 4.17. The van der Waals surface area contributed by atoms with E-state index in [-0.39, 0.29) is 0 Å². The van der Waals surface area contributed by atoms with Gasteiger partial charge in [-0.3, -0.25) is 0 Å². The van der Waals surface area contributed by atoms with Crippen LogP contribution in [0.3, 0.4) is 0 Å². The van der Waals surface area contributed by atoms with Gasteiger partial charge in [-0.2, -0.15) is 0 Å². The second-order valence-corrected chi connectivity index (χ2v) is 7.16. The molecule has 1 heteroatoms. The molecule has 5 unspecified atom stereocenters. The van der Waals surface area contributed by atoms with Crippen LogP contribution in [0.1, 0.15) is 64.7 Å². The van der Waals surface area contributed by atoms with Crippen LogP contribution in [-0.4, -0.2) is 12.6 Å². The Bertz CT molecular complexity index is 250. The maximum absolute atomic E-state index is 3.88. The first-order valence-corrected chi connectivity index (χ1v) is 8.04. The van der Waals surface area contributed by atoms with Crippen molar-refractivity contribution < 1.29 is 0 Å². The van der Waals surface area contributed by atoms with Crippen LogP contribution in [0.2, 0.25) is 0 Å². The maximum Gasteiger partial charge on any atom is 0.00980 e. The van der Waals surface area contributed by atoms with Gasteiger partial charge in [0.15, 0.2) is 0 Å². The van der Waals surface area contributed by atoms with Crippen LogP contribution in [0.15, 0.2) is 0 Å². The van der Waals surface area contributed by atoms with Crippen molar-refractivity contribution in [1.29, 1.82) is 0 Å². The second-order valence-electron chi connectivity index (χ2n) is 7.16. The topological polar surface area (TPSA) is 12.0 Å². The SMILES string of the molecule is CC1CCCC(CCNC2CC3CCC2C3)C1. The molecule has 3 rings (SSSR count). The fourth-order valence-electron chi connectivity index (χ4n) is 4.79. The predicted molar refractivity (Wildman–Crippen MR) is 73.0 cm³/mol. The van der Waals surface area contributed by atoms with Crippen molar-refractivity contribution >= 4 is 0 Å². The van der Waals surface area contributed by atoms with Crippen molar-refractivity contribution in [3.05, 3.63) is 0 Å². The van der Waals surface area contributed by atoms with Gasteiger partial charge in [0.2, 0.25) is 0 Å². The molecular formula is C16H29N. The van der Waals surface area contributed by atoms with Crippen molar-refractivity contribution in [2.75, 3.05) is 6.54 Å². The highest BCUT2D eigenvalue weighted by Gasteiger charge is 2.38. The van der Waals surface area contributed by atoms with Crippen LogP contribution in [0.4, 0.5) is 0 Å². The van der Waals surface area contributed by atoms with E-state index in [1.54, 1.807) is 0 Å². The number of fused-ring (bicyclic) bond motifs is 2. The van der Waals surface area contributed by atoms with Gasteiger partial charge in [0, 0.05) is 6.04 Å². The molecule has 3 aliphatic carbocycles. The highest BCUT2D eigenvalue weighted by molar-refractivity contribution is 4.94. The van der Waals surface area contributed by atoms with E-state index in [9.17, 15) is 0 Å². The Hall–Kier alpha value is -0.0400. The van der Waals surface area contributed by atoms with E-state index in [1.807, 2.05) is 0 Å². The summed E-state index contributed by atoms with van der Waals surface area (Å²) in [6.07, 6.45) is 13.5. The van der Waals surface area contributed by atoms with E-state index in [4.69, 9.17) is 0 Å². The first-order chi connectivity index (χ1) is 8.31. The van der Waals surface area contributed by atoms with E-state index in [0.29, 0.717) is 0 Å². The Morgan fingerprint density at radius 2 is 1.94 bits per heavy atom. The molecular weight excluding hydrogens is 206 g/mol. The third-order valence-electron chi connectivity index (χ3n) is 5.74. The molecule has 0 spiro atoms.